The Kier molecular flexibility index (Phi) is 4.04. The van der Waals surface area contributed by atoms with Gasteiger partial charge in [0.2, 0.25) is 5.91 Å². The van der Waals surface area contributed by atoms with Gasteiger partial charge in [-0.1, -0.05) is 12.1 Å². The first-order valence-corrected chi connectivity index (χ1v) is 6.37. The van der Waals surface area contributed by atoms with Crippen LogP contribution in [-0.2, 0) is 16.0 Å². The summed E-state index contributed by atoms with van der Waals surface area (Å²) in [5, 5.41) is 8.81. The molecule has 1 aromatic carbocycles. The minimum Gasteiger partial charge on any atom is -0.481 e. The zero-order valence-electron chi connectivity index (χ0n) is 11.0. The van der Waals surface area contributed by atoms with Crippen molar-refractivity contribution in [2.24, 2.45) is 0 Å². The third-order valence-corrected chi connectivity index (χ3v) is 3.36. The molecule has 0 aromatic heterocycles. The van der Waals surface area contributed by atoms with E-state index in [1.54, 1.807) is 6.92 Å². The summed E-state index contributed by atoms with van der Waals surface area (Å²) >= 11 is 0. The van der Waals surface area contributed by atoms with Crippen molar-refractivity contribution < 1.29 is 14.7 Å². The summed E-state index contributed by atoms with van der Waals surface area (Å²) in [7, 11) is 0. The highest BCUT2D eigenvalue weighted by molar-refractivity contribution is 5.73. The zero-order valence-corrected chi connectivity index (χ0v) is 11.0. The second kappa shape index (κ2) is 5.73. The number of carboxylic acid groups (broad SMARTS) is 1. The standard InChI is InChI=1S/C14H18N2O3/c1-11(17)15-5-7-16(8-6-15)13-4-2-3-12(9-13)10-14(18)19/h2-4,9H,5-8,10H2,1H3,(H,18,19). The van der Waals surface area contributed by atoms with Gasteiger partial charge < -0.3 is 14.9 Å². The third-order valence-electron chi connectivity index (χ3n) is 3.36. The van der Waals surface area contributed by atoms with E-state index in [0.717, 1.165) is 37.4 Å². The van der Waals surface area contributed by atoms with Crippen LogP contribution in [0.3, 0.4) is 0 Å². The minimum absolute atomic E-state index is 0.0429. The number of carboxylic acids is 1. The maximum atomic E-state index is 11.3. The Labute approximate surface area is 112 Å². The quantitative estimate of drug-likeness (QED) is 0.882. The molecule has 5 heteroatoms. The average molecular weight is 262 g/mol. The van der Waals surface area contributed by atoms with Crippen molar-refractivity contribution in [2.75, 3.05) is 31.1 Å². The maximum Gasteiger partial charge on any atom is 0.307 e. The van der Waals surface area contributed by atoms with Crippen LogP contribution in [0.15, 0.2) is 24.3 Å². The van der Waals surface area contributed by atoms with Gasteiger partial charge in [-0.3, -0.25) is 9.59 Å². The lowest BCUT2D eigenvalue weighted by atomic mass is 10.1. The Bertz CT molecular complexity index is 479. The highest BCUT2D eigenvalue weighted by Crippen LogP contribution is 2.18. The van der Waals surface area contributed by atoms with E-state index in [0.29, 0.717) is 0 Å². The summed E-state index contributed by atoms with van der Waals surface area (Å²) in [5.74, 6) is -0.710. The van der Waals surface area contributed by atoms with E-state index in [4.69, 9.17) is 5.11 Å². The molecule has 2 rings (SSSR count). The first-order valence-electron chi connectivity index (χ1n) is 6.37. The predicted octanol–water partition coefficient (Wildman–Crippen LogP) is 0.982. The summed E-state index contributed by atoms with van der Waals surface area (Å²) in [6.45, 7) is 4.60. The molecule has 1 fully saturated rings. The summed E-state index contributed by atoms with van der Waals surface area (Å²) in [6.07, 6.45) is 0.0429. The summed E-state index contributed by atoms with van der Waals surface area (Å²) in [4.78, 5) is 26.0. The number of amides is 1. The van der Waals surface area contributed by atoms with Crippen LogP contribution in [0.1, 0.15) is 12.5 Å². The topological polar surface area (TPSA) is 60.9 Å². The SMILES string of the molecule is CC(=O)N1CCN(c2cccc(CC(=O)O)c2)CC1. The molecule has 0 radical (unpaired) electrons. The van der Waals surface area contributed by atoms with Gasteiger partial charge in [-0.25, -0.2) is 0 Å². The van der Waals surface area contributed by atoms with Gasteiger partial charge in [0, 0.05) is 38.8 Å². The highest BCUT2D eigenvalue weighted by Gasteiger charge is 2.18. The van der Waals surface area contributed by atoms with Crippen molar-refractivity contribution in [3.8, 4) is 0 Å². The van der Waals surface area contributed by atoms with E-state index in [2.05, 4.69) is 4.90 Å². The molecule has 1 aliphatic rings. The van der Waals surface area contributed by atoms with E-state index in [1.165, 1.54) is 0 Å². The van der Waals surface area contributed by atoms with E-state index in [1.807, 2.05) is 29.2 Å². The molecule has 5 nitrogen and oxygen atoms in total. The fourth-order valence-corrected chi connectivity index (χ4v) is 2.32. The number of anilines is 1. The van der Waals surface area contributed by atoms with Crippen LogP contribution in [0.5, 0.6) is 0 Å². The molecule has 19 heavy (non-hydrogen) atoms. The fourth-order valence-electron chi connectivity index (χ4n) is 2.32. The van der Waals surface area contributed by atoms with E-state index in [-0.39, 0.29) is 12.3 Å². The predicted molar refractivity (Wildman–Crippen MR) is 72.2 cm³/mol. The molecule has 0 aliphatic carbocycles. The lowest BCUT2D eigenvalue weighted by Crippen LogP contribution is -2.48. The molecule has 0 unspecified atom stereocenters. The molecular formula is C14H18N2O3. The number of benzene rings is 1. The molecule has 0 spiro atoms. The first kappa shape index (κ1) is 13.4. The van der Waals surface area contributed by atoms with Gasteiger partial charge in [0.25, 0.3) is 0 Å². The molecule has 0 bridgehead atoms. The molecule has 1 aromatic rings. The van der Waals surface area contributed by atoms with Gasteiger partial charge in [-0.2, -0.15) is 0 Å². The Morgan fingerprint density at radius 3 is 2.47 bits per heavy atom. The van der Waals surface area contributed by atoms with Gasteiger partial charge in [-0.15, -0.1) is 0 Å². The van der Waals surface area contributed by atoms with Crippen molar-refractivity contribution in [1.29, 1.82) is 0 Å². The normalized spacial score (nSPS) is 15.4. The number of piperazine rings is 1. The van der Waals surface area contributed by atoms with E-state index in [9.17, 15) is 9.59 Å². The lowest BCUT2D eigenvalue weighted by Gasteiger charge is -2.35. The molecule has 1 heterocycles. The zero-order chi connectivity index (χ0) is 13.8. The number of nitrogens with zero attached hydrogens (tertiary/aromatic N) is 2. The summed E-state index contributed by atoms with van der Waals surface area (Å²) < 4.78 is 0. The number of hydrogen-bond donors (Lipinski definition) is 1. The van der Waals surface area contributed by atoms with Gasteiger partial charge in [0.1, 0.15) is 0 Å². The van der Waals surface area contributed by atoms with Crippen molar-refractivity contribution in [3.05, 3.63) is 29.8 Å². The highest BCUT2D eigenvalue weighted by atomic mass is 16.4. The molecular weight excluding hydrogens is 244 g/mol. The largest absolute Gasteiger partial charge is 0.481 e. The van der Waals surface area contributed by atoms with Crippen LogP contribution in [-0.4, -0.2) is 48.1 Å². The Morgan fingerprint density at radius 1 is 1.21 bits per heavy atom. The molecule has 1 saturated heterocycles. The molecule has 0 atom stereocenters. The van der Waals surface area contributed by atoms with E-state index >= 15 is 0 Å². The van der Waals surface area contributed by atoms with Gasteiger partial charge in [0.05, 0.1) is 6.42 Å². The molecule has 0 saturated carbocycles. The molecule has 102 valence electrons. The number of aliphatic carboxylic acids is 1. The van der Waals surface area contributed by atoms with Crippen LogP contribution in [0.4, 0.5) is 5.69 Å². The molecule has 1 amide bonds. The first-order chi connectivity index (χ1) is 9.06. The van der Waals surface area contributed by atoms with Gasteiger partial charge in [0.15, 0.2) is 0 Å². The van der Waals surface area contributed by atoms with Crippen LogP contribution in [0.2, 0.25) is 0 Å². The van der Waals surface area contributed by atoms with Crippen LogP contribution < -0.4 is 4.90 Å². The number of hydrogen-bond acceptors (Lipinski definition) is 3. The van der Waals surface area contributed by atoms with Crippen molar-refractivity contribution >= 4 is 17.6 Å². The van der Waals surface area contributed by atoms with Crippen LogP contribution >= 0.6 is 0 Å². The average Bonchev–Trinajstić information content (AvgIpc) is 2.38. The fraction of sp³-hybridized carbons (Fsp3) is 0.429. The number of carbonyl (C=O) groups excluding carboxylic acids is 1. The third kappa shape index (κ3) is 3.47. The van der Waals surface area contributed by atoms with E-state index < -0.39 is 5.97 Å². The second-order valence-electron chi connectivity index (χ2n) is 4.73. The minimum atomic E-state index is -0.821. The van der Waals surface area contributed by atoms with Crippen molar-refractivity contribution in [3.63, 3.8) is 0 Å². The van der Waals surface area contributed by atoms with Crippen LogP contribution in [0.25, 0.3) is 0 Å². The lowest BCUT2D eigenvalue weighted by molar-refractivity contribution is -0.136. The Morgan fingerprint density at radius 2 is 1.89 bits per heavy atom. The maximum absolute atomic E-state index is 11.3. The number of rotatable bonds is 3. The van der Waals surface area contributed by atoms with Gasteiger partial charge in [-0.05, 0) is 17.7 Å². The number of carbonyl (C=O) groups is 2. The Balaban J connectivity index is 2.03. The van der Waals surface area contributed by atoms with Gasteiger partial charge >= 0.3 is 5.97 Å². The molecule has 1 aliphatic heterocycles. The summed E-state index contributed by atoms with van der Waals surface area (Å²) in [5.41, 5.74) is 1.83. The Hall–Kier alpha value is -2.04. The second-order valence-corrected chi connectivity index (χ2v) is 4.73. The monoisotopic (exact) mass is 262 g/mol. The molecule has 1 N–H and O–H groups in total. The van der Waals surface area contributed by atoms with Crippen molar-refractivity contribution in [1.82, 2.24) is 4.90 Å². The summed E-state index contributed by atoms with van der Waals surface area (Å²) in [6, 6.07) is 7.60. The van der Waals surface area contributed by atoms with Crippen LogP contribution in [0, 0.1) is 0 Å². The smallest absolute Gasteiger partial charge is 0.307 e. The van der Waals surface area contributed by atoms with Crippen molar-refractivity contribution in [2.45, 2.75) is 13.3 Å².